The highest BCUT2D eigenvalue weighted by molar-refractivity contribution is 9.10. The molecule has 0 amide bonds. The standard InChI is InChI=1S/C16H24BrNO2/c17-13-7-9-16(10-8-13)20-12-15(19)11-18-14-5-3-1-2-4-6-14/h7-10,14-15,18-19H,1-6,11-12H2. The molecule has 0 aromatic heterocycles. The first-order valence-corrected chi connectivity index (χ1v) is 8.33. The van der Waals surface area contributed by atoms with Gasteiger partial charge < -0.3 is 15.2 Å². The molecule has 112 valence electrons. The summed E-state index contributed by atoms with van der Waals surface area (Å²) in [7, 11) is 0. The Bertz CT molecular complexity index is 375. The van der Waals surface area contributed by atoms with Gasteiger partial charge in [0, 0.05) is 17.1 Å². The molecule has 1 atom stereocenters. The predicted octanol–water partition coefficient (Wildman–Crippen LogP) is 3.50. The van der Waals surface area contributed by atoms with Gasteiger partial charge >= 0.3 is 0 Å². The summed E-state index contributed by atoms with van der Waals surface area (Å²) in [6.07, 6.45) is 7.34. The van der Waals surface area contributed by atoms with Gasteiger partial charge in [0.15, 0.2) is 0 Å². The largest absolute Gasteiger partial charge is 0.491 e. The summed E-state index contributed by atoms with van der Waals surface area (Å²) in [4.78, 5) is 0. The number of nitrogens with one attached hydrogen (secondary N) is 1. The van der Waals surface area contributed by atoms with Gasteiger partial charge in [0.1, 0.15) is 18.5 Å². The van der Waals surface area contributed by atoms with E-state index in [-0.39, 0.29) is 0 Å². The zero-order valence-corrected chi connectivity index (χ0v) is 13.4. The quantitative estimate of drug-likeness (QED) is 0.778. The fraction of sp³-hybridized carbons (Fsp3) is 0.625. The lowest BCUT2D eigenvalue weighted by atomic mass is 10.1. The van der Waals surface area contributed by atoms with Crippen LogP contribution in [0, 0.1) is 0 Å². The molecule has 1 aromatic rings. The van der Waals surface area contributed by atoms with E-state index in [0.717, 1.165) is 10.2 Å². The Balaban J connectivity index is 1.64. The van der Waals surface area contributed by atoms with E-state index in [9.17, 15) is 5.11 Å². The molecule has 0 heterocycles. The molecule has 20 heavy (non-hydrogen) atoms. The lowest BCUT2D eigenvalue weighted by molar-refractivity contribution is 0.103. The second-order valence-corrected chi connectivity index (χ2v) is 6.43. The minimum absolute atomic E-state index is 0.335. The van der Waals surface area contributed by atoms with Crippen molar-refractivity contribution in [1.29, 1.82) is 0 Å². The monoisotopic (exact) mass is 341 g/mol. The smallest absolute Gasteiger partial charge is 0.119 e. The average Bonchev–Trinajstić information content (AvgIpc) is 2.73. The number of halogens is 1. The van der Waals surface area contributed by atoms with Crippen LogP contribution in [-0.2, 0) is 0 Å². The van der Waals surface area contributed by atoms with Crippen LogP contribution in [0.5, 0.6) is 5.75 Å². The topological polar surface area (TPSA) is 41.5 Å². The fourth-order valence-electron chi connectivity index (χ4n) is 2.57. The summed E-state index contributed by atoms with van der Waals surface area (Å²) in [5, 5.41) is 13.4. The Morgan fingerprint density at radius 3 is 2.45 bits per heavy atom. The summed E-state index contributed by atoms with van der Waals surface area (Å²) < 4.78 is 6.60. The molecule has 1 fully saturated rings. The summed E-state index contributed by atoms with van der Waals surface area (Å²) in [6.45, 7) is 0.947. The van der Waals surface area contributed by atoms with Crippen LogP contribution in [0.4, 0.5) is 0 Å². The maximum absolute atomic E-state index is 9.97. The van der Waals surface area contributed by atoms with E-state index in [1.165, 1.54) is 38.5 Å². The third-order valence-corrected chi connectivity index (χ3v) is 4.28. The van der Waals surface area contributed by atoms with Gasteiger partial charge in [-0.1, -0.05) is 41.6 Å². The Labute approximate surface area is 129 Å². The summed E-state index contributed by atoms with van der Waals surface area (Å²) in [5.41, 5.74) is 0. The van der Waals surface area contributed by atoms with E-state index in [1.807, 2.05) is 24.3 Å². The highest BCUT2D eigenvalue weighted by Gasteiger charge is 2.13. The van der Waals surface area contributed by atoms with Crippen molar-refractivity contribution in [1.82, 2.24) is 5.32 Å². The third-order valence-electron chi connectivity index (χ3n) is 3.75. The van der Waals surface area contributed by atoms with Gasteiger partial charge in [-0.15, -0.1) is 0 Å². The van der Waals surface area contributed by atoms with E-state index >= 15 is 0 Å². The Morgan fingerprint density at radius 2 is 1.80 bits per heavy atom. The predicted molar refractivity (Wildman–Crippen MR) is 85.1 cm³/mol. The van der Waals surface area contributed by atoms with Crippen LogP contribution >= 0.6 is 15.9 Å². The first-order chi connectivity index (χ1) is 9.74. The third kappa shape index (κ3) is 5.81. The zero-order valence-electron chi connectivity index (χ0n) is 11.9. The second kappa shape index (κ2) is 8.65. The van der Waals surface area contributed by atoms with Crippen molar-refractivity contribution >= 4 is 15.9 Å². The van der Waals surface area contributed by atoms with Crippen LogP contribution in [0.1, 0.15) is 38.5 Å². The molecule has 2 rings (SSSR count). The van der Waals surface area contributed by atoms with Crippen LogP contribution in [0.25, 0.3) is 0 Å². The molecule has 1 aromatic carbocycles. The SMILES string of the molecule is OC(CNC1CCCCCC1)COc1ccc(Br)cc1. The molecule has 1 unspecified atom stereocenters. The Hall–Kier alpha value is -0.580. The van der Waals surface area contributed by atoms with Gasteiger partial charge in [0.05, 0.1) is 0 Å². The number of aliphatic hydroxyl groups is 1. The van der Waals surface area contributed by atoms with Crippen molar-refractivity contribution in [3.05, 3.63) is 28.7 Å². The van der Waals surface area contributed by atoms with Crippen LogP contribution in [0.15, 0.2) is 28.7 Å². The van der Waals surface area contributed by atoms with Crippen molar-refractivity contribution in [2.24, 2.45) is 0 Å². The summed E-state index contributed by atoms with van der Waals surface area (Å²) >= 11 is 3.39. The fourth-order valence-corrected chi connectivity index (χ4v) is 2.83. The van der Waals surface area contributed by atoms with Crippen molar-refractivity contribution in [3.63, 3.8) is 0 Å². The number of aliphatic hydroxyl groups excluding tert-OH is 1. The van der Waals surface area contributed by atoms with Crippen LogP contribution < -0.4 is 10.1 Å². The van der Waals surface area contributed by atoms with Crippen molar-refractivity contribution < 1.29 is 9.84 Å². The van der Waals surface area contributed by atoms with Crippen molar-refractivity contribution in [2.45, 2.75) is 50.7 Å². The van der Waals surface area contributed by atoms with E-state index in [2.05, 4.69) is 21.2 Å². The minimum Gasteiger partial charge on any atom is -0.491 e. The molecule has 2 N–H and O–H groups in total. The van der Waals surface area contributed by atoms with Crippen LogP contribution in [0.3, 0.4) is 0 Å². The van der Waals surface area contributed by atoms with Gasteiger partial charge in [-0.25, -0.2) is 0 Å². The summed E-state index contributed by atoms with van der Waals surface area (Å²) in [5.74, 6) is 0.793. The van der Waals surface area contributed by atoms with Gasteiger partial charge in [0.25, 0.3) is 0 Å². The van der Waals surface area contributed by atoms with E-state index < -0.39 is 6.10 Å². The van der Waals surface area contributed by atoms with Crippen molar-refractivity contribution in [2.75, 3.05) is 13.2 Å². The highest BCUT2D eigenvalue weighted by Crippen LogP contribution is 2.18. The average molecular weight is 342 g/mol. The normalized spacial score (nSPS) is 18.5. The van der Waals surface area contributed by atoms with E-state index in [4.69, 9.17) is 4.74 Å². The Morgan fingerprint density at radius 1 is 1.15 bits per heavy atom. The van der Waals surface area contributed by atoms with Crippen LogP contribution in [-0.4, -0.2) is 30.4 Å². The summed E-state index contributed by atoms with van der Waals surface area (Å²) in [6, 6.07) is 8.24. The van der Waals surface area contributed by atoms with Gasteiger partial charge in [-0.2, -0.15) is 0 Å². The lowest BCUT2D eigenvalue weighted by Gasteiger charge is -2.19. The first-order valence-electron chi connectivity index (χ1n) is 7.54. The maximum Gasteiger partial charge on any atom is 0.119 e. The van der Waals surface area contributed by atoms with E-state index in [0.29, 0.717) is 19.2 Å². The number of benzene rings is 1. The Kier molecular flexibility index (Phi) is 6.83. The number of ether oxygens (including phenoxy) is 1. The number of rotatable bonds is 6. The zero-order chi connectivity index (χ0) is 14.2. The lowest BCUT2D eigenvalue weighted by Crippen LogP contribution is -2.37. The van der Waals surface area contributed by atoms with Gasteiger partial charge in [0.2, 0.25) is 0 Å². The maximum atomic E-state index is 9.97. The molecule has 3 nitrogen and oxygen atoms in total. The molecule has 0 radical (unpaired) electrons. The highest BCUT2D eigenvalue weighted by atomic mass is 79.9. The second-order valence-electron chi connectivity index (χ2n) is 5.52. The number of hydrogen-bond acceptors (Lipinski definition) is 3. The number of hydrogen-bond donors (Lipinski definition) is 2. The molecule has 4 heteroatoms. The molecule has 0 spiro atoms. The van der Waals surface area contributed by atoms with Gasteiger partial charge in [-0.3, -0.25) is 0 Å². The molecular weight excluding hydrogens is 318 g/mol. The molecule has 1 aliphatic carbocycles. The molecule has 1 aliphatic rings. The molecule has 0 saturated heterocycles. The first kappa shape index (κ1) is 15.8. The van der Waals surface area contributed by atoms with Crippen molar-refractivity contribution in [3.8, 4) is 5.75 Å². The van der Waals surface area contributed by atoms with Crippen LogP contribution in [0.2, 0.25) is 0 Å². The minimum atomic E-state index is -0.457. The molecule has 0 bridgehead atoms. The van der Waals surface area contributed by atoms with E-state index in [1.54, 1.807) is 0 Å². The van der Waals surface area contributed by atoms with Gasteiger partial charge in [-0.05, 0) is 37.1 Å². The molecular formula is C16H24BrNO2. The molecule has 1 saturated carbocycles. The molecule has 0 aliphatic heterocycles.